The van der Waals surface area contributed by atoms with E-state index in [0.29, 0.717) is 6.04 Å². The summed E-state index contributed by atoms with van der Waals surface area (Å²) in [5.74, 6) is 0. The number of benzene rings is 1. The van der Waals surface area contributed by atoms with Gasteiger partial charge in [-0.2, -0.15) is 0 Å². The number of aryl methyl sites for hydroxylation is 2. The van der Waals surface area contributed by atoms with Crippen LogP contribution in [-0.4, -0.2) is 17.6 Å². The molecule has 1 atom stereocenters. The minimum Gasteiger partial charge on any atom is -0.313 e. The second-order valence-electron chi connectivity index (χ2n) is 5.85. The van der Waals surface area contributed by atoms with E-state index < -0.39 is 0 Å². The van der Waals surface area contributed by atoms with E-state index in [4.69, 9.17) is 0 Å². The van der Waals surface area contributed by atoms with Gasteiger partial charge in [-0.3, -0.25) is 4.98 Å². The van der Waals surface area contributed by atoms with Crippen molar-refractivity contribution in [2.75, 3.05) is 6.54 Å². The molecular weight excluding hydrogens is 256 g/mol. The van der Waals surface area contributed by atoms with Crippen LogP contribution < -0.4 is 5.32 Å². The van der Waals surface area contributed by atoms with Gasteiger partial charge >= 0.3 is 0 Å². The fourth-order valence-electron chi connectivity index (χ4n) is 2.65. The third-order valence-electron chi connectivity index (χ3n) is 3.86. The summed E-state index contributed by atoms with van der Waals surface area (Å²) in [6.07, 6.45) is 7.08. The molecule has 2 aromatic rings. The zero-order valence-corrected chi connectivity index (χ0v) is 13.4. The summed E-state index contributed by atoms with van der Waals surface area (Å²) in [7, 11) is 0. The van der Waals surface area contributed by atoms with Crippen LogP contribution in [0.25, 0.3) is 0 Å². The normalized spacial score (nSPS) is 12.3. The van der Waals surface area contributed by atoms with Crippen LogP contribution >= 0.6 is 0 Å². The lowest BCUT2D eigenvalue weighted by Gasteiger charge is -2.20. The van der Waals surface area contributed by atoms with E-state index in [-0.39, 0.29) is 0 Å². The molecule has 21 heavy (non-hydrogen) atoms. The zero-order valence-electron chi connectivity index (χ0n) is 13.4. The summed E-state index contributed by atoms with van der Waals surface area (Å²) in [4.78, 5) is 4.23. The second-order valence-corrected chi connectivity index (χ2v) is 5.85. The van der Waals surface area contributed by atoms with E-state index in [1.165, 1.54) is 22.3 Å². The van der Waals surface area contributed by atoms with E-state index in [9.17, 15) is 0 Å². The van der Waals surface area contributed by atoms with E-state index in [1.54, 1.807) is 0 Å². The highest BCUT2D eigenvalue weighted by Gasteiger charge is 2.11. The molecule has 0 aliphatic heterocycles. The molecular formula is C19H26N2. The molecule has 0 aliphatic rings. The Labute approximate surface area is 128 Å². The summed E-state index contributed by atoms with van der Waals surface area (Å²) in [5, 5.41) is 3.69. The predicted molar refractivity (Wildman–Crippen MR) is 89.6 cm³/mol. The molecule has 0 saturated heterocycles. The lowest BCUT2D eigenvalue weighted by molar-refractivity contribution is 0.503. The maximum atomic E-state index is 4.23. The molecule has 0 fully saturated rings. The number of hydrogen-bond donors (Lipinski definition) is 1. The SMILES string of the molecule is CCCNC(Cc1cccnc1)Cc1cc(C)ccc1C. The Morgan fingerprint density at radius 3 is 2.71 bits per heavy atom. The maximum Gasteiger partial charge on any atom is 0.0300 e. The molecule has 0 bridgehead atoms. The van der Waals surface area contributed by atoms with Crippen LogP contribution in [0, 0.1) is 13.8 Å². The van der Waals surface area contributed by atoms with Gasteiger partial charge in [0.2, 0.25) is 0 Å². The molecule has 0 saturated carbocycles. The number of pyridine rings is 1. The molecule has 1 unspecified atom stereocenters. The van der Waals surface area contributed by atoms with Crippen LogP contribution in [-0.2, 0) is 12.8 Å². The molecule has 1 N–H and O–H groups in total. The predicted octanol–water partition coefficient (Wildman–Crippen LogP) is 3.85. The van der Waals surface area contributed by atoms with Gasteiger partial charge in [-0.05, 0) is 62.4 Å². The van der Waals surface area contributed by atoms with Gasteiger partial charge in [0.1, 0.15) is 0 Å². The first-order valence-corrected chi connectivity index (χ1v) is 7.87. The third-order valence-corrected chi connectivity index (χ3v) is 3.86. The summed E-state index contributed by atoms with van der Waals surface area (Å²) < 4.78 is 0. The Hall–Kier alpha value is -1.67. The third kappa shape index (κ3) is 4.98. The standard InChI is InChI=1S/C19H26N2/c1-4-9-21-19(12-17-6-5-10-20-14-17)13-18-11-15(2)7-8-16(18)3/h5-8,10-11,14,19,21H,4,9,12-13H2,1-3H3. The lowest BCUT2D eigenvalue weighted by Crippen LogP contribution is -2.34. The van der Waals surface area contributed by atoms with Gasteiger partial charge in [-0.25, -0.2) is 0 Å². The second kappa shape index (κ2) is 7.94. The highest BCUT2D eigenvalue weighted by molar-refractivity contribution is 5.31. The van der Waals surface area contributed by atoms with Crippen molar-refractivity contribution in [1.29, 1.82) is 0 Å². The van der Waals surface area contributed by atoms with Gasteiger partial charge in [-0.15, -0.1) is 0 Å². The first-order valence-electron chi connectivity index (χ1n) is 7.87. The molecule has 0 radical (unpaired) electrons. The van der Waals surface area contributed by atoms with E-state index in [0.717, 1.165) is 25.8 Å². The molecule has 112 valence electrons. The van der Waals surface area contributed by atoms with E-state index in [1.807, 2.05) is 18.5 Å². The quantitative estimate of drug-likeness (QED) is 0.834. The largest absolute Gasteiger partial charge is 0.313 e. The molecule has 0 spiro atoms. The van der Waals surface area contributed by atoms with E-state index >= 15 is 0 Å². The molecule has 0 aliphatic carbocycles. The Morgan fingerprint density at radius 2 is 2.00 bits per heavy atom. The van der Waals surface area contributed by atoms with Gasteiger partial charge in [0.15, 0.2) is 0 Å². The monoisotopic (exact) mass is 282 g/mol. The highest BCUT2D eigenvalue weighted by atomic mass is 14.9. The van der Waals surface area contributed by atoms with Crippen LogP contribution in [0.2, 0.25) is 0 Å². The topological polar surface area (TPSA) is 24.9 Å². The number of nitrogens with one attached hydrogen (secondary N) is 1. The minimum absolute atomic E-state index is 0.467. The first-order chi connectivity index (χ1) is 10.2. The van der Waals surface area contributed by atoms with Crippen molar-refractivity contribution in [2.45, 2.75) is 46.1 Å². The molecule has 1 aromatic carbocycles. The maximum absolute atomic E-state index is 4.23. The highest BCUT2D eigenvalue weighted by Crippen LogP contribution is 2.15. The van der Waals surface area contributed by atoms with E-state index in [2.05, 4.69) is 55.3 Å². The minimum atomic E-state index is 0.467. The summed E-state index contributed by atoms with van der Waals surface area (Å²) in [6, 6.07) is 11.4. The van der Waals surface area contributed by atoms with Crippen LogP contribution in [0.3, 0.4) is 0 Å². The van der Waals surface area contributed by atoms with Gasteiger partial charge in [0.05, 0.1) is 0 Å². The molecule has 2 rings (SSSR count). The average molecular weight is 282 g/mol. The van der Waals surface area contributed by atoms with Crippen molar-refractivity contribution >= 4 is 0 Å². The van der Waals surface area contributed by atoms with Crippen molar-refractivity contribution in [3.8, 4) is 0 Å². The molecule has 2 nitrogen and oxygen atoms in total. The van der Waals surface area contributed by atoms with Gasteiger partial charge in [0.25, 0.3) is 0 Å². The van der Waals surface area contributed by atoms with Crippen molar-refractivity contribution in [3.63, 3.8) is 0 Å². The van der Waals surface area contributed by atoms with Crippen LogP contribution in [0.5, 0.6) is 0 Å². The first kappa shape index (κ1) is 15.7. The number of rotatable bonds is 7. The zero-order chi connectivity index (χ0) is 15.1. The van der Waals surface area contributed by atoms with Gasteiger partial charge in [0, 0.05) is 18.4 Å². The Bertz CT molecular complexity index is 549. The Kier molecular flexibility index (Phi) is 5.94. The number of aromatic nitrogens is 1. The smallest absolute Gasteiger partial charge is 0.0300 e. The molecule has 0 amide bonds. The van der Waals surface area contributed by atoms with Crippen molar-refractivity contribution < 1.29 is 0 Å². The Balaban J connectivity index is 2.10. The van der Waals surface area contributed by atoms with Crippen LogP contribution in [0.1, 0.15) is 35.6 Å². The van der Waals surface area contributed by atoms with Gasteiger partial charge < -0.3 is 5.32 Å². The summed E-state index contributed by atoms with van der Waals surface area (Å²) in [6.45, 7) is 7.65. The fourth-order valence-corrected chi connectivity index (χ4v) is 2.65. The molecule has 1 aromatic heterocycles. The fraction of sp³-hybridized carbons (Fsp3) is 0.421. The van der Waals surface area contributed by atoms with Crippen molar-refractivity contribution in [2.24, 2.45) is 0 Å². The Morgan fingerprint density at radius 1 is 1.14 bits per heavy atom. The summed E-state index contributed by atoms with van der Waals surface area (Å²) >= 11 is 0. The van der Waals surface area contributed by atoms with Gasteiger partial charge in [-0.1, -0.05) is 36.8 Å². The summed E-state index contributed by atoms with van der Waals surface area (Å²) in [5.41, 5.74) is 5.48. The van der Waals surface area contributed by atoms with Crippen LogP contribution in [0.15, 0.2) is 42.7 Å². The van der Waals surface area contributed by atoms with Crippen molar-refractivity contribution in [1.82, 2.24) is 10.3 Å². The number of nitrogens with zero attached hydrogens (tertiary/aromatic N) is 1. The van der Waals surface area contributed by atoms with Crippen LogP contribution in [0.4, 0.5) is 0 Å². The average Bonchev–Trinajstić information content (AvgIpc) is 2.49. The lowest BCUT2D eigenvalue weighted by atomic mass is 9.95. The molecule has 1 heterocycles. The molecule has 2 heteroatoms. The van der Waals surface area contributed by atoms with Crippen molar-refractivity contribution in [3.05, 3.63) is 65.0 Å². The number of hydrogen-bond acceptors (Lipinski definition) is 2.